The molecule has 0 bridgehead atoms. The molecule has 2 aliphatic rings. The van der Waals surface area contributed by atoms with Crippen LogP contribution in [0.2, 0.25) is 0 Å². The summed E-state index contributed by atoms with van der Waals surface area (Å²) in [7, 11) is -1.91. The predicted octanol–water partition coefficient (Wildman–Crippen LogP) is 2.40. The SMILES string of the molecule is CCc1cn2c3c(cc(C(=O)N[C@@H](Cc4ccccc4)[C@H](N)CNC4CC4)cc13)N(C)S(=O)(=O)CC2. The van der Waals surface area contributed by atoms with E-state index in [-0.39, 0.29) is 23.7 Å². The Morgan fingerprint density at radius 1 is 1.19 bits per heavy atom. The normalized spacial score (nSPS) is 18.6. The van der Waals surface area contributed by atoms with Crippen molar-refractivity contribution in [1.82, 2.24) is 15.2 Å². The van der Waals surface area contributed by atoms with Crippen LogP contribution in [0.25, 0.3) is 10.9 Å². The van der Waals surface area contributed by atoms with Gasteiger partial charge in [-0.05, 0) is 48.9 Å². The van der Waals surface area contributed by atoms with E-state index in [2.05, 4.69) is 17.6 Å². The molecule has 1 aliphatic heterocycles. The summed E-state index contributed by atoms with van der Waals surface area (Å²) in [6.45, 7) is 3.08. The molecule has 36 heavy (non-hydrogen) atoms. The van der Waals surface area contributed by atoms with Crippen molar-refractivity contribution in [3.63, 3.8) is 0 Å². The van der Waals surface area contributed by atoms with Crippen LogP contribution in [-0.4, -0.2) is 56.4 Å². The van der Waals surface area contributed by atoms with Crippen molar-refractivity contribution < 1.29 is 13.2 Å². The molecular formula is C27H35N5O3S. The topological polar surface area (TPSA) is 109 Å². The highest BCUT2D eigenvalue weighted by molar-refractivity contribution is 7.92. The first-order chi connectivity index (χ1) is 17.3. The maximum atomic E-state index is 13.6. The quantitative estimate of drug-likeness (QED) is 0.410. The van der Waals surface area contributed by atoms with Crippen molar-refractivity contribution in [2.45, 2.75) is 57.3 Å². The van der Waals surface area contributed by atoms with Crippen LogP contribution in [0.5, 0.6) is 0 Å². The average Bonchev–Trinajstić information content (AvgIpc) is 3.65. The van der Waals surface area contributed by atoms with Gasteiger partial charge in [0.25, 0.3) is 5.91 Å². The number of aromatic nitrogens is 1. The van der Waals surface area contributed by atoms with E-state index in [0.717, 1.165) is 28.5 Å². The zero-order valence-corrected chi connectivity index (χ0v) is 21.7. The minimum atomic E-state index is -3.48. The Morgan fingerprint density at radius 3 is 2.64 bits per heavy atom. The third kappa shape index (κ3) is 5.00. The number of benzene rings is 2. The molecule has 1 saturated carbocycles. The summed E-state index contributed by atoms with van der Waals surface area (Å²) in [6.07, 6.45) is 5.75. The van der Waals surface area contributed by atoms with Gasteiger partial charge in [0.05, 0.1) is 17.0 Å². The molecule has 1 aromatic heterocycles. The van der Waals surface area contributed by atoms with Crippen LogP contribution in [0.3, 0.4) is 0 Å². The summed E-state index contributed by atoms with van der Waals surface area (Å²) in [5.74, 6) is -0.227. The number of nitrogens with two attached hydrogens (primary N) is 1. The zero-order chi connectivity index (χ0) is 25.4. The molecule has 9 heteroatoms. The highest BCUT2D eigenvalue weighted by Crippen LogP contribution is 2.35. The summed E-state index contributed by atoms with van der Waals surface area (Å²) < 4.78 is 29.0. The number of carbonyl (C=O) groups is 1. The van der Waals surface area contributed by atoms with Crippen LogP contribution in [0, 0.1) is 0 Å². The van der Waals surface area contributed by atoms with Crippen LogP contribution >= 0.6 is 0 Å². The molecule has 0 unspecified atom stereocenters. The standard InChI is InChI=1S/C27H35N5O3S/c1-3-19-17-32-11-12-36(34,35)31(2)25-15-20(14-22(19)26(25)32)27(33)30-24(13-18-7-5-4-6-8-18)23(28)16-29-21-9-10-21/h4-8,14-15,17,21,23-24,29H,3,9-13,16,28H2,1-2H3,(H,30,33)/t23-,24+/m1/s1. The second-order valence-corrected chi connectivity index (χ2v) is 12.1. The van der Waals surface area contributed by atoms with E-state index in [1.165, 1.54) is 17.1 Å². The van der Waals surface area contributed by atoms with Crippen LogP contribution in [-0.2, 0) is 29.4 Å². The highest BCUT2D eigenvalue weighted by atomic mass is 32.2. The first-order valence-corrected chi connectivity index (χ1v) is 14.3. The molecule has 3 aromatic rings. The monoisotopic (exact) mass is 509 g/mol. The molecule has 0 spiro atoms. The van der Waals surface area contributed by atoms with Gasteiger partial charge in [0.15, 0.2) is 0 Å². The van der Waals surface area contributed by atoms with E-state index < -0.39 is 10.0 Å². The minimum Gasteiger partial charge on any atom is -0.347 e. The number of amides is 1. The fourth-order valence-corrected chi connectivity index (χ4v) is 6.12. The van der Waals surface area contributed by atoms with Gasteiger partial charge in [-0.25, -0.2) is 8.42 Å². The zero-order valence-electron chi connectivity index (χ0n) is 20.9. The third-order valence-corrected chi connectivity index (χ3v) is 9.11. The Balaban J connectivity index is 1.48. The molecule has 0 radical (unpaired) electrons. The largest absolute Gasteiger partial charge is 0.347 e. The van der Waals surface area contributed by atoms with Crippen LogP contribution in [0.1, 0.15) is 41.3 Å². The fourth-order valence-electron chi connectivity index (χ4n) is 4.98. The van der Waals surface area contributed by atoms with Gasteiger partial charge in [-0.15, -0.1) is 0 Å². The number of carbonyl (C=O) groups excluding carboxylic acids is 1. The first kappa shape index (κ1) is 24.8. The van der Waals surface area contributed by atoms with E-state index in [1.807, 2.05) is 47.2 Å². The number of aryl methyl sites for hydroxylation is 2. The smallest absolute Gasteiger partial charge is 0.251 e. The summed E-state index contributed by atoms with van der Waals surface area (Å²) in [5, 5.41) is 7.57. The second-order valence-electron chi connectivity index (χ2n) is 9.99. The van der Waals surface area contributed by atoms with Crippen molar-refractivity contribution in [3.8, 4) is 0 Å². The number of anilines is 1. The minimum absolute atomic E-state index is 0.0225. The Hall–Kier alpha value is -2.88. The van der Waals surface area contributed by atoms with E-state index >= 15 is 0 Å². The number of rotatable bonds is 9. The molecule has 2 atom stereocenters. The van der Waals surface area contributed by atoms with Crippen LogP contribution < -0.4 is 20.7 Å². The summed E-state index contributed by atoms with van der Waals surface area (Å²) >= 11 is 0. The number of hydrogen-bond acceptors (Lipinski definition) is 5. The highest BCUT2D eigenvalue weighted by Gasteiger charge is 2.30. The van der Waals surface area contributed by atoms with Crippen molar-refractivity contribution in [1.29, 1.82) is 0 Å². The first-order valence-electron chi connectivity index (χ1n) is 12.7. The molecule has 5 rings (SSSR count). The fraction of sp³-hybridized carbons (Fsp3) is 0.444. The molecule has 1 fully saturated rings. The van der Waals surface area contributed by atoms with Crippen molar-refractivity contribution >= 4 is 32.5 Å². The summed E-state index contributed by atoms with van der Waals surface area (Å²) in [5.41, 5.74) is 10.6. The molecule has 8 nitrogen and oxygen atoms in total. The Labute approximate surface area is 212 Å². The van der Waals surface area contributed by atoms with Crippen molar-refractivity contribution in [3.05, 3.63) is 65.4 Å². The van der Waals surface area contributed by atoms with Crippen molar-refractivity contribution in [2.75, 3.05) is 23.7 Å². The van der Waals surface area contributed by atoms with Gasteiger partial charge >= 0.3 is 0 Å². The Kier molecular flexibility index (Phi) is 6.80. The molecule has 2 aromatic carbocycles. The lowest BCUT2D eigenvalue weighted by Gasteiger charge is -2.26. The van der Waals surface area contributed by atoms with Crippen molar-refractivity contribution in [2.24, 2.45) is 5.73 Å². The maximum Gasteiger partial charge on any atom is 0.251 e. The number of nitrogens with one attached hydrogen (secondary N) is 2. The van der Waals surface area contributed by atoms with E-state index in [4.69, 9.17) is 5.73 Å². The molecule has 1 aliphatic carbocycles. The lowest BCUT2D eigenvalue weighted by Crippen LogP contribution is -2.53. The molecule has 1 amide bonds. The van der Waals surface area contributed by atoms with Gasteiger partial charge in [0.1, 0.15) is 0 Å². The second kappa shape index (κ2) is 9.88. The van der Waals surface area contributed by atoms with Gasteiger partial charge in [-0.3, -0.25) is 9.10 Å². The predicted molar refractivity (Wildman–Crippen MR) is 144 cm³/mol. The number of nitrogens with zero attached hydrogens (tertiary/aromatic N) is 2. The van der Waals surface area contributed by atoms with Gasteiger partial charge in [0.2, 0.25) is 10.0 Å². The van der Waals surface area contributed by atoms with Crippen LogP contribution in [0.4, 0.5) is 5.69 Å². The molecule has 4 N–H and O–H groups in total. The van der Waals surface area contributed by atoms with Gasteiger partial charge in [-0.2, -0.15) is 0 Å². The van der Waals surface area contributed by atoms with Crippen LogP contribution in [0.15, 0.2) is 48.7 Å². The lowest BCUT2D eigenvalue weighted by atomic mass is 9.98. The van der Waals surface area contributed by atoms with Gasteiger partial charge in [0, 0.05) is 55.4 Å². The third-order valence-electron chi connectivity index (χ3n) is 7.38. The number of hydrogen-bond donors (Lipinski definition) is 3. The molecular weight excluding hydrogens is 474 g/mol. The summed E-state index contributed by atoms with van der Waals surface area (Å²) in [6, 6.07) is 13.6. The molecule has 192 valence electrons. The Morgan fingerprint density at radius 2 is 1.94 bits per heavy atom. The number of sulfonamides is 1. The maximum absolute atomic E-state index is 13.6. The van der Waals surface area contributed by atoms with E-state index in [9.17, 15) is 13.2 Å². The Bertz CT molecular complexity index is 1370. The lowest BCUT2D eigenvalue weighted by molar-refractivity contribution is 0.0930. The summed E-state index contributed by atoms with van der Waals surface area (Å²) in [4.78, 5) is 13.6. The van der Waals surface area contributed by atoms with E-state index in [0.29, 0.717) is 36.8 Å². The van der Waals surface area contributed by atoms with E-state index in [1.54, 1.807) is 13.1 Å². The molecule has 0 saturated heterocycles. The molecule has 2 heterocycles. The average molecular weight is 510 g/mol. The van der Waals surface area contributed by atoms with Gasteiger partial charge in [-0.1, -0.05) is 37.3 Å². The van der Waals surface area contributed by atoms with Gasteiger partial charge < -0.3 is 20.9 Å².